The molecule has 1 aromatic carbocycles. The minimum absolute atomic E-state index is 0.340. The third-order valence-electron chi connectivity index (χ3n) is 5.01. The molecule has 0 saturated carbocycles. The standard InChI is InChI=1S/C18H22N6O7S/c1-29-11-5-3-2-4-10(11)6-20-16-13-17(22-8-21-16)24(9-23-13)18-15(26)14(25)12(31-18)7-30-32(19,27)28/h2-5,8-9,12,14-15,18,25-26H,6-7H2,1H3,(H2,19,27,28)(H,20,21,22)/t12-,14-,15-,18-/m1/s1. The molecule has 0 radical (unpaired) electrons. The van der Waals surface area contributed by atoms with E-state index in [1.807, 2.05) is 24.3 Å². The van der Waals surface area contributed by atoms with Gasteiger partial charge in [-0.2, -0.15) is 8.42 Å². The fraction of sp³-hybridized carbons (Fsp3) is 0.389. The maximum absolute atomic E-state index is 11.0. The summed E-state index contributed by atoms with van der Waals surface area (Å²) in [4.78, 5) is 12.8. The summed E-state index contributed by atoms with van der Waals surface area (Å²) in [7, 11) is -2.64. The Hall–Kier alpha value is -2.88. The molecule has 1 aliphatic heterocycles. The molecule has 13 nitrogen and oxygen atoms in total. The second kappa shape index (κ2) is 8.93. The van der Waals surface area contributed by atoms with Gasteiger partial charge < -0.3 is 25.0 Å². The van der Waals surface area contributed by atoms with E-state index in [9.17, 15) is 18.6 Å². The number of methoxy groups -OCH3 is 1. The van der Waals surface area contributed by atoms with Crippen LogP contribution in [0.3, 0.4) is 0 Å². The third-order valence-corrected chi connectivity index (χ3v) is 5.47. The van der Waals surface area contributed by atoms with E-state index in [-0.39, 0.29) is 0 Å². The lowest BCUT2D eigenvalue weighted by molar-refractivity contribution is -0.0467. The maximum Gasteiger partial charge on any atom is 0.333 e. The van der Waals surface area contributed by atoms with Crippen LogP contribution >= 0.6 is 0 Å². The molecule has 0 spiro atoms. The van der Waals surface area contributed by atoms with Gasteiger partial charge >= 0.3 is 10.3 Å². The first-order valence-electron chi connectivity index (χ1n) is 9.50. The second-order valence-electron chi connectivity index (χ2n) is 7.04. The number of aromatic nitrogens is 4. The summed E-state index contributed by atoms with van der Waals surface area (Å²) in [6, 6.07) is 7.53. The summed E-state index contributed by atoms with van der Waals surface area (Å²) in [5.41, 5.74) is 1.67. The highest BCUT2D eigenvalue weighted by atomic mass is 32.2. The molecule has 14 heteroatoms. The van der Waals surface area contributed by atoms with Gasteiger partial charge in [0.2, 0.25) is 0 Å². The highest BCUT2D eigenvalue weighted by molar-refractivity contribution is 7.84. The molecule has 3 aromatic rings. The number of hydrogen-bond acceptors (Lipinski definition) is 11. The predicted octanol–water partition coefficient (Wildman–Crippen LogP) is -0.714. The van der Waals surface area contributed by atoms with E-state index in [0.29, 0.717) is 23.5 Å². The molecule has 32 heavy (non-hydrogen) atoms. The van der Waals surface area contributed by atoms with Crippen LogP contribution in [0, 0.1) is 0 Å². The van der Waals surface area contributed by atoms with Crippen molar-refractivity contribution in [1.29, 1.82) is 0 Å². The van der Waals surface area contributed by atoms with Crippen molar-refractivity contribution in [3.8, 4) is 5.75 Å². The molecule has 1 saturated heterocycles. The van der Waals surface area contributed by atoms with Gasteiger partial charge in [0, 0.05) is 12.1 Å². The third kappa shape index (κ3) is 4.50. The minimum atomic E-state index is -4.23. The molecule has 1 fully saturated rings. The van der Waals surface area contributed by atoms with Crippen LogP contribution < -0.4 is 15.2 Å². The topological polar surface area (TPSA) is 184 Å². The van der Waals surface area contributed by atoms with Crippen molar-refractivity contribution < 1.29 is 32.3 Å². The van der Waals surface area contributed by atoms with E-state index in [4.69, 9.17) is 14.6 Å². The van der Waals surface area contributed by atoms with Crippen molar-refractivity contribution in [2.45, 2.75) is 31.1 Å². The van der Waals surface area contributed by atoms with Crippen molar-refractivity contribution in [2.24, 2.45) is 5.14 Å². The Morgan fingerprint density at radius 1 is 1.22 bits per heavy atom. The number of benzene rings is 1. The Morgan fingerprint density at radius 3 is 2.75 bits per heavy atom. The second-order valence-corrected chi connectivity index (χ2v) is 8.26. The zero-order chi connectivity index (χ0) is 22.9. The molecule has 0 aliphatic carbocycles. The summed E-state index contributed by atoms with van der Waals surface area (Å²) in [5, 5.41) is 28.7. The first-order chi connectivity index (χ1) is 15.3. The lowest BCUT2D eigenvalue weighted by atomic mass is 10.1. The van der Waals surface area contributed by atoms with E-state index >= 15 is 0 Å². The number of nitrogens with zero attached hydrogens (tertiary/aromatic N) is 4. The van der Waals surface area contributed by atoms with Crippen molar-refractivity contribution in [3.63, 3.8) is 0 Å². The van der Waals surface area contributed by atoms with E-state index < -0.39 is 41.5 Å². The fourth-order valence-electron chi connectivity index (χ4n) is 3.45. The smallest absolute Gasteiger partial charge is 0.333 e. The summed E-state index contributed by atoms with van der Waals surface area (Å²) >= 11 is 0. The number of nitrogens with one attached hydrogen (secondary N) is 1. The molecule has 0 bridgehead atoms. The van der Waals surface area contributed by atoms with Crippen LogP contribution in [0.2, 0.25) is 0 Å². The molecule has 2 aromatic heterocycles. The number of rotatable bonds is 8. The Morgan fingerprint density at radius 2 is 2.00 bits per heavy atom. The van der Waals surface area contributed by atoms with Crippen LogP contribution in [-0.4, -0.2) is 70.2 Å². The maximum atomic E-state index is 11.0. The summed E-state index contributed by atoms with van der Waals surface area (Å²) < 4.78 is 38.9. The number of fused-ring (bicyclic) bond motifs is 1. The first-order valence-corrected chi connectivity index (χ1v) is 11.0. The van der Waals surface area contributed by atoms with Gasteiger partial charge in [0.15, 0.2) is 23.2 Å². The zero-order valence-corrected chi connectivity index (χ0v) is 17.7. The predicted molar refractivity (Wildman–Crippen MR) is 111 cm³/mol. The Bertz CT molecular complexity index is 1200. The number of hydrogen-bond donors (Lipinski definition) is 4. The van der Waals surface area contributed by atoms with Crippen LogP contribution in [0.15, 0.2) is 36.9 Å². The largest absolute Gasteiger partial charge is 0.496 e. The number of para-hydroxylation sites is 1. The number of aliphatic hydroxyl groups is 2. The van der Waals surface area contributed by atoms with E-state index in [0.717, 1.165) is 11.3 Å². The molecule has 0 amide bonds. The zero-order valence-electron chi connectivity index (χ0n) is 16.9. The van der Waals surface area contributed by atoms with Crippen molar-refractivity contribution >= 4 is 27.3 Å². The lowest BCUT2D eigenvalue weighted by Gasteiger charge is -2.16. The average Bonchev–Trinajstić information content (AvgIpc) is 3.32. The molecule has 4 atom stereocenters. The van der Waals surface area contributed by atoms with Crippen LogP contribution in [0.25, 0.3) is 11.2 Å². The number of ether oxygens (including phenoxy) is 2. The summed E-state index contributed by atoms with van der Waals surface area (Å²) in [6.45, 7) is -0.141. The molecule has 5 N–H and O–H groups in total. The quantitative estimate of drug-likeness (QED) is 0.329. The number of nitrogens with two attached hydrogens (primary N) is 1. The average molecular weight is 466 g/mol. The van der Waals surface area contributed by atoms with Gasteiger partial charge in [0.1, 0.15) is 30.4 Å². The Kier molecular flexibility index (Phi) is 6.23. The molecule has 3 heterocycles. The molecule has 4 rings (SSSR count). The van der Waals surface area contributed by atoms with Crippen LogP contribution in [0.5, 0.6) is 5.75 Å². The van der Waals surface area contributed by atoms with Crippen LogP contribution in [0.4, 0.5) is 5.82 Å². The Balaban J connectivity index is 1.55. The minimum Gasteiger partial charge on any atom is -0.496 e. The van der Waals surface area contributed by atoms with Crippen molar-refractivity contribution in [2.75, 3.05) is 19.0 Å². The summed E-state index contributed by atoms with van der Waals surface area (Å²) in [5.74, 6) is 1.17. The van der Waals surface area contributed by atoms with Crippen LogP contribution in [0.1, 0.15) is 11.8 Å². The lowest BCUT2D eigenvalue weighted by Crippen LogP contribution is -2.35. The van der Waals surface area contributed by atoms with Crippen molar-refractivity contribution in [1.82, 2.24) is 19.5 Å². The number of aliphatic hydroxyl groups excluding tert-OH is 2. The van der Waals surface area contributed by atoms with Gasteiger partial charge in [-0.3, -0.25) is 8.75 Å². The normalized spacial score (nSPS) is 23.5. The monoisotopic (exact) mass is 466 g/mol. The van der Waals surface area contributed by atoms with E-state index in [1.54, 1.807) is 7.11 Å². The molecular weight excluding hydrogens is 444 g/mol. The first kappa shape index (κ1) is 22.3. The molecule has 1 aliphatic rings. The Labute approximate surface area is 183 Å². The van der Waals surface area contributed by atoms with Gasteiger partial charge in [-0.05, 0) is 6.07 Å². The highest BCUT2D eigenvalue weighted by Gasteiger charge is 2.45. The molecule has 0 unspecified atom stereocenters. The van der Waals surface area contributed by atoms with Gasteiger partial charge in [-0.15, -0.1) is 0 Å². The van der Waals surface area contributed by atoms with Gasteiger partial charge in [0.05, 0.1) is 20.0 Å². The van der Waals surface area contributed by atoms with Crippen molar-refractivity contribution in [3.05, 3.63) is 42.5 Å². The molecular formula is C18H22N6O7S. The molecule has 172 valence electrons. The highest BCUT2D eigenvalue weighted by Crippen LogP contribution is 2.32. The fourth-order valence-corrected chi connectivity index (χ4v) is 3.78. The number of anilines is 1. The van der Waals surface area contributed by atoms with E-state index in [2.05, 4.69) is 24.5 Å². The SMILES string of the molecule is COc1ccccc1CNc1ncnc2c1ncn2[C@@H]1O[C@H](COS(N)(=O)=O)[C@@H](O)[C@H]1O. The van der Waals surface area contributed by atoms with E-state index in [1.165, 1.54) is 17.2 Å². The van der Waals surface area contributed by atoms with Gasteiger partial charge in [-0.25, -0.2) is 20.1 Å². The number of imidazole rings is 1. The summed E-state index contributed by atoms with van der Waals surface area (Å²) in [6.07, 6.45) is -2.30. The van der Waals surface area contributed by atoms with Gasteiger partial charge in [0.25, 0.3) is 0 Å². The van der Waals surface area contributed by atoms with Crippen LogP contribution in [-0.2, 0) is 25.8 Å². The van der Waals surface area contributed by atoms with Gasteiger partial charge in [-0.1, -0.05) is 18.2 Å².